The second-order valence-corrected chi connectivity index (χ2v) is 7.25. The van der Waals surface area contributed by atoms with Gasteiger partial charge in [0.15, 0.2) is 0 Å². The lowest BCUT2D eigenvalue weighted by Gasteiger charge is -2.39. The summed E-state index contributed by atoms with van der Waals surface area (Å²) >= 11 is 0. The highest BCUT2D eigenvalue weighted by Crippen LogP contribution is 2.32. The molecular formula is C20H19F4N3O2. The molecular weight excluding hydrogens is 390 g/mol. The molecule has 0 spiro atoms. The minimum Gasteiger partial charge on any atom is -0.361 e. The Bertz CT molecular complexity index is 1050. The minimum atomic E-state index is -4.62. The van der Waals surface area contributed by atoms with Gasteiger partial charge in [0.2, 0.25) is 5.79 Å². The quantitative estimate of drug-likeness (QED) is 0.674. The number of β-amino-alcohol motifs (C(OH)–C–C–N with tert-alkyl or cyclic N) is 1. The van der Waals surface area contributed by atoms with E-state index in [1.807, 2.05) is 11.6 Å². The number of ether oxygens (including phenoxy) is 1. The normalized spacial score (nSPS) is 21.0. The molecule has 154 valence electrons. The van der Waals surface area contributed by atoms with E-state index in [1.165, 1.54) is 0 Å². The van der Waals surface area contributed by atoms with Gasteiger partial charge >= 0.3 is 6.18 Å². The highest BCUT2D eigenvalue weighted by molar-refractivity contribution is 5.76. The fourth-order valence-electron chi connectivity index (χ4n) is 3.61. The van der Waals surface area contributed by atoms with Crippen LogP contribution >= 0.6 is 0 Å². The highest BCUT2D eigenvalue weighted by atomic mass is 19.4. The Morgan fingerprint density at radius 2 is 2.00 bits per heavy atom. The van der Waals surface area contributed by atoms with Crippen LogP contribution in [0, 0.1) is 5.82 Å². The molecule has 4 rings (SSSR count). The third-order valence-electron chi connectivity index (χ3n) is 5.05. The molecule has 1 fully saturated rings. The predicted molar refractivity (Wildman–Crippen MR) is 97.2 cm³/mol. The molecule has 3 aromatic rings. The predicted octanol–water partition coefficient (Wildman–Crippen LogP) is 3.41. The zero-order valence-corrected chi connectivity index (χ0v) is 15.6. The number of benzene rings is 2. The summed E-state index contributed by atoms with van der Waals surface area (Å²) < 4.78 is 60.0. The van der Waals surface area contributed by atoms with Crippen molar-refractivity contribution in [1.82, 2.24) is 14.5 Å². The van der Waals surface area contributed by atoms with Crippen LogP contribution in [0.4, 0.5) is 17.6 Å². The van der Waals surface area contributed by atoms with Gasteiger partial charge in [-0.05, 0) is 35.9 Å². The minimum absolute atomic E-state index is 0.0359. The van der Waals surface area contributed by atoms with Gasteiger partial charge in [0.25, 0.3) is 0 Å². The van der Waals surface area contributed by atoms with Crippen LogP contribution in [0.3, 0.4) is 0 Å². The molecule has 5 nitrogen and oxygen atoms in total. The van der Waals surface area contributed by atoms with E-state index in [4.69, 9.17) is 4.74 Å². The van der Waals surface area contributed by atoms with Crippen molar-refractivity contribution in [2.75, 3.05) is 19.7 Å². The van der Waals surface area contributed by atoms with Crippen molar-refractivity contribution in [2.24, 2.45) is 7.05 Å². The Kier molecular flexibility index (Phi) is 4.84. The molecule has 1 unspecified atom stereocenters. The Balaban J connectivity index is 1.58. The van der Waals surface area contributed by atoms with Crippen molar-refractivity contribution >= 4 is 11.0 Å². The number of alkyl halides is 3. The zero-order chi connectivity index (χ0) is 20.8. The summed E-state index contributed by atoms with van der Waals surface area (Å²) in [4.78, 5) is 5.98. The summed E-state index contributed by atoms with van der Waals surface area (Å²) in [5, 5.41) is 11.1. The van der Waals surface area contributed by atoms with Crippen LogP contribution < -0.4 is 0 Å². The second-order valence-electron chi connectivity index (χ2n) is 7.25. The Hall–Kier alpha value is -2.49. The molecule has 29 heavy (non-hydrogen) atoms. The molecule has 0 saturated carbocycles. The Labute approximate surface area is 164 Å². The van der Waals surface area contributed by atoms with Crippen molar-refractivity contribution in [3.05, 3.63) is 65.2 Å². The number of hydrogen-bond acceptors (Lipinski definition) is 4. The van der Waals surface area contributed by atoms with Gasteiger partial charge in [-0.1, -0.05) is 6.07 Å². The first-order valence-electron chi connectivity index (χ1n) is 9.01. The van der Waals surface area contributed by atoms with E-state index >= 15 is 0 Å². The standard InChI is InChI=1S/C20H19F4N3O2/c1-26-12-25-17-3-2-14(9-18(17)26)19(28)11-27(4-5-29-19)10-13-6-15(20(22,23)24)8-16(21)7-13/h2-3,6-9,12,28H,4-5,10-11H2,1H3. The third kappa shape index (κ3) is 3.98. The SMILES string of the molecule is Cn1cnc2ccc(C3(O)CN(Cc4cc(F)cc(C(F)(F)F)c4)CCO3)cc21. The van der Waals surface area contributed by atoms with Gasteiger partial charge in [-0.25, -0.2) is 9.37 Å². The number of aliphatic hydroxyl groups is 1. The van der Waals surface area contributed by atoms with Crippen LogP contribution in [0.2, 0.25) is 0 Å². The second kappa shape index (κ2) is 7.08. The van der Waals surface area contributed by atoms with Crippen LogP contribution in [-0.2, 0) is 30.3 Å². The van der Waals surface area contributed by atoms with Crippen molar-refractivity contribution in [2.45, 2.75) is 18.5 Å². The lowest BCUT2D eigenvalue weighted by Crippen LogP contribution is -2.49. The van der Waals surface area contributed by atoms with Crippen LogP contribution in [0.15, 0.2) is 42.7 Å². The maximum atomic E-state index is 13.7. The zero-order valence-electron chi connectivity index (χ0n) is 15.6. The highest BCUT2D eigenvalue weighted by Gasteiger charge is 2.37. The fourth-order valence-corrected chi connectivity index (χ4v) is 3.61. The van der Waals surface area contributed by atoms with E-state index in [0.29, 0.717) is 18.2 Å². The van der Waals surface area contributed by atoms with E-state index in [-0.39, 0.29) is 25.3 Å². The molecule has 9 heteroatoms. The van der Waals surface area contributed by atoms with Gasteiger partial charge < -0.3 is 14.4 Å². The lowest BCUT2D eigenvalue weighted by atomic mass is 10.0. The monoisotopic (exact) mass is 409 g/mol. The first-order valence-corrected chi connectivity index (χ1v) is 9.01. The molecule has 1 aliphatic rings. The summed E-state index contributed by atoms with van der Waals surface area (Å²) in [7, 11) is 1.83. The number of nitrogens with zero attached hydrogens (tertiary/aromatic N) is 3. The Morgan fingerprint density at radius 1 is 1.21 bits per heavy atom. The molecule has 1 aromatic heterocycles. The number of aromatic nitrogens is 2. The average Bonchev–Trinajstić information content (AvgIpc) is 3.01. The third-order valence-corrected chi connectivity index (χ3v) is 5.05. The molecule has 0 radical (unpaired) electrons. The van der Waals surface area contributed by atoms with Gasteiger partial charge in [0.05, 0.1) is 36.1 Å². The number of imidazole rings is 1. The van der Waals surface area contributed by atoms with E-state index in [2.05, 4.69) is 4.98 Å². The topological polar surface area (TPSA) is 50.5 Å². The van der Waals surface area contributed by atoms with Gasteiger partial charge in [0, 0.05) is 25.7 Å². The largest absolute Gasteiger partial charge is 0.416 e. The van der Waals surface area contributed by atoms with Crippen LogP contribution in [-0.4, -0.2) is 39.3 Å². The molecule has 1 aliphatic heterocycles. The van der Waals surface area contributed by atoms with Gasteiger partial charge in [0.1, 0.15) is 5.82 Å². The summed E-state index contributed by atoms with van der Waals surface area (Å²) in [5.74, 6) is -2.57. The molecule has 1 saturated heterocycles. The van der Waals surface area contributed by atoms with Crippen LogP contribution in [0.1, 0.15) is 16.7 Å². The number of rotatable bonds is 3. The summed E-state index contributed by atoms with van der Waals surface area (Å²) in [6, 6.07) is 7.73. The fraction of sp³-hybridized carbons (Fsp3) is 0.350. The molecule has 1 N–H and O–H groups in total. The molecule has 0 amide bonds. The van der Waals surface area contributed by atoms with E-state index in [0.717, 1.165) is 23.2 Å². The van der Waals surface area contributed by atoms with Gasteiger partial charge in [-0.3, -0.25) is 4.90 Å². The molecule has 0 bridgehead atoms. The van der Waals surface area contributed by atoms with Crippen molar-refractivity contribution in [3.8, 4) is 0 Å². The first kappa shape index (κ1) is 19.8. The van der Waals surface area contributed by atoms with Crippen molar-refractivity contribution in [1.29, 1.82) is 0 Å². The number of hydrogen-bond donors (Lipinski definition) is 1. The molecule has 1 atom stereocenters. The number of aryl methyl sites for hydroxylation is 1. The summed E-state index contributed by atoms with van der Waals surface area (Å²) in [6.45, 7) is 0.671. The Morgan fingerprint density at radius 3 is 2.76 bits per heavy atom. The summed E-state index contributed by atoms with van der Waals surface area (Å²) in [6.07, 6.45) is -2.96. The molecule has 2 heterocycles. The number of morpholine rings is 1. The van der Waals surface area contributed by atoms with Crippen LogP contribution in [0.25, 0.3) is 11.0 Å². The van der Waals surface area contributed by atoms with Gasteiger partial charge in [-0.2, -0.15) is 13.2 Å². The first-order chi connectivity index (χ1) is 13.6. The maximum absolute atomic E-state index is 13.7. The smallest absolute Gasteiger partial charge is 0.361 e. The summed E-state index contributed by atoms with van der Waals surface area (Å²) in [5.41, 5.74) is 1.26. The number of fused-ring (bicyclic) bond motifs is 1. The molecule has 2 aromatic carbocycles. The van der Waals surface area contributed by atoms with Gasteiger partial charge in [-0.15, -0.1) is 0 Å². The van der Waals surface area contributed by atoms with E-state index in [9.17, 15) is 22.7 Å². The average molecular weight is 409 g/mol. The lowest BCUT2D eigenvalue weighted by molar-refractivity contribution is -0.249. The van der Waals surface area contributed by atoms with Crippen molar-refractivity contribution in [3.63, 3.8) is 0 Å². The molecule has 0 aliphatic carbocycles. The maximum Gasteiger partial charge on any atom is 0.416 e. The van der Waals surface area contributed by atoms with Crippen LogP contribution in [0.5, 0.6) is 0 Å². The number of halogens is 4. The van der Waals surface area contributed by atoms with E-state index < -0.39 is 23.3 Å². The van der Waals surface area contributed by atoms with E-state index in [1.54, 1.807) is 29.4 Å². The van der Waals surface area contributed by atoms with Crippen molar-refractivity contribution < 1.29 is 27.4 Å².